The Morgan fingerprint density at radius 2 is 1.74 bits per heavy atom. The standard InChI is InChI=1S/C17H16N4OS/c22-16(19-10-14-6-8-18-9-7-14)15-12-23-17(21-15)20-11-13-4-2-1-3-5-13/h1-9,12H,10-11H2,(H,19,22)(H,20,21). The molecular formula is C17H16N4OS. The lowest BCUT2D eigenvalue weighted by Gasteiger charge is -2.03. The number of hydrogen-bond donors (Lipinski definition) is 2. The lowest BCUT2D eigenvalue weighted by atomic mass is 10.2. The zero-order valence-electron chi connectivity index (χ0n) is 12.4. The molecule has 0 saturated carbocycles. The Morgan fingerprint density at radius 3 is 2.52 bits per heavy atom. The van der Waals surface area contributed by atoms with Gasteiger partial charge in [0.2, 0.25) is 0 Å². The van der Waals surface area contributed by atoms with Gasteiger partial charge in [0.1, 0.15) is 5.69 Å². The van der Waals surface area contributed by atoms with Crippen molar-refractivity contribution in [3.8, 4) is 0 Å². The number of anilines is 1. The Bertz CT molecular complexity index is 759. The van der Waals surface area contributed by atoms with Gasteiger partial charge in [-0.2, -0.15) is 0 Å². The highest BCUT2D eigenvalue weighted by Gasteiger charge is 2.10. The summed E-state index contributed by atoms with van der Waals surface area (Å²) in [6.07, 6.45) is 3.41. The molecule has 116 valence electrons. The van der Waals surface area contributed by atoms with Crippen LogP contribution in [0.1, 0.15) is 21.6 Å². The third-order valence-corrected chi connectivity index (χ3v) is 4.03. The summed E-state index contributed by atoms with van der Waals surface area (Å²) in [5.74, 6) is -0.175. The molecule has 1 amide bonds. The van der Waals surface area contributed by atoms with Crippen LogP contribution < -0.4 is 10.6 Å². The van der Waals surface area contributed by atoms with Gasteiger partial charge in [0.05, 0.1) is 0 Å². The quantitative estimate of drug-likeness (QED) is 0.731. The highest BCUT2D eigenvalue weighted by atomic mass is 32.1. The maximum Gasteiger partial charge on any atom is 0.271 e. The largest absolute Gasteiger partial charge is 0.357 e. The van der Waals surface area contributed by atoms with E-state index < -0.39 is 0 Å². The molecule has 5 nitrogen and oxygen atoms in total. The number of nitrogens with one attached hydrogen (secondary N) is 2. The number of aromatic nitrogens is 2. The van der Waals surface area contributed by atoms with Gasteiger partial charge in [-0.25, -0.2) is 4.98 Å². The van der Waals surface area contributed by atoms with Crippen molar-refractivity contribution in [2.24, 2.45) is 0 Å². The zero-order valence-corrected chi connectivity index (χ0v) is 13.2. The van der Waals surface area contributed by atoms with E-state index in [1.165, 1.54) is 16.9 Å². The molecule has 0 spiro atoms. The third kappa shape index (κ3) is 4.37. The number of thiazole rings is 1. The summed E-state index contributed by atoms with van der Waals surface area (Å²) < 4.78 is 0. The Kier molecular flexibility index (Phi) is 4.95. The van der Waals surface area contributed by atoms with Gasteiger partial charge in [0, 0.05) is 30.9 Å². The van der Waals surface area contributed by atoms with Crippen LogP contribution in [0, 0.1) is 0 Å². The van der Waals surface area contributed by atoms with E-state index in [0.717, 1.165) is 10.7 Å². The van der Waals surface area contributed by atoms with Crippen LogP contribution >= 0.6 is 11.3 Å². The van der Waals surface area contributed by atoms with Gasteiger partial charge in [-0.15, -0.1) is 11.3 Å². The molecule has 0 aliphatic heterocycles. The second kappa shape index (κ2) is 7.51. The summed E-state index contributed by atoms with van der Waals surface area (Å²) in [5.41, 5.74) is 2.61. The van der Waals surface area contributed by atoms with Crippen molar-refractivity contribution in [1.82, 2.24) is 15.3 Å². The van der Waals surface area contributed by atoms with Gasteiger partial charge in [0.15, 0.2) is 5.13 Å². The van der Waals surface area contributed by atoms with Crippen molar-refractivity contribution in [2.45, 2.75) is 13.1 Å². The van der Waals surface area contributed by atoms with Crippen LogP contribution in [0.2, 0.25) is 0 Å². The molecule has 0 atom stereocenters. The third-order valence-electron chi connectivity index (χ3n) is 3.23. The van der Waals surface area contributed by atoms with E-state index in [2.05, 4.69) is 20.6 Å². The molecule has 0 aliphatic carbocycles. The molecule has 0 unspecified atom stereocenters. The number of benzene rings is 1. The van der Waals surface area contributed by atoms with Crippen LogP contribution in [0.25, 0.3) is 0 Å². The molecule has 0 radical (unpaired) electrons. The topological polar surface area (TPSA) is 66.9 Å². The van der Waals surface area contributed by atoms with Crippen molar-refractivity contribution in [1.29, 1.82) is 0 Å². The SMILES string of the molecule is O=C(NCc1ccncc1)c1csc(NCc2ccccc2)n1. The number of carbonyl (C=O) groups excluding carboxylic acids is 1. The van der Waals surface area contributed by atoms with E-state index in [9.17, 15) is 4.79 Å². The summed E-state index contributed by atoms with van der Waals surface area (Å²) >= 11 is 1.43. The van der Waals surface area contributed by atoms with E-state index in [1.54, 1.807) is 17.8 Å². The van der Waals surface area contributed by atoms with Crippen molar-refractivity contribution < 1.29 is 4.79 Å². The monoisotopic (exact) mass is 324 g/mol. The van der Waals surface area contributed by atoms with Crippen molar-refractivity contribution in [3.05, 3.63) is 77.1 Å². The van der Waals surface area contributed by atoms with Crippen LogP contribution in [-0.2, 0) is 13.1 Å². The molecule has 0 bridgehead atoms. The molecule has 3 rings (SSSR count). The minimum absolute atomic E-state index is 0.175. The first-order valence-electron chi connectivity index (χ1n) is 7.22. The van der Waals surface area contributed by atoms with Gasteiger partial charge < -0.3 is 10.6 Å². The predicted octanol–water partition coefficient (Wildman–Crippen LogP) is 3.08. The Balaban J connectivity index is 1.53. The van der Waals surface area contributed by atoms with Gasteiger partial charge in [-0.3, -0.25) is 9.78 Å². The summed E-state index contributed by atoms with van der Waals surface area (Å²) in [5, 5.41) is 8.58. The number of pyridine rings is 1. The molecule has 2 N–H and O–H groups in total. The fourth-order valence-corrected chi connectivity index (χ4v) is 2.70. The van der Waals surface area contributed by atoms with Gasteiger partial charge in [-0.05, 0) is 23.3 Å². The molecular weight excluding hydrogens is 308 g/mol. The van der Waals surface area contributed by atoms with Crippen molar-refractivity contribution in [3.63, 3.8) is 0 Å². The maximum absolute atomic E-state index is 12.1. The summed E-state index contributed by atoms with van der Waals surface area (Å²) in [7, 11) is 0. The second-order valence-electron chi connectivity index (χ2n) is 4.92. The summed E-state index contributed by atoms with van der Waals surface area (Å²) in [6.45, 7) is 1.15. The van der Waals surface area contributed by atoms with Crippen LogP contribution in [0.5, 0.6) is 0 Å². The molecule has 0 fully saturated rings. The molecule has 2 aromatic heterocycles. The normalized spacial score (nSPS) is 10.3. The fraction of sp³-hybridized carbons (Fsp3) is 0.118. The molecule has 1 aromatic carbocycles. The minimum atomic E-state index is -0.175. The van der Waals surface area contributed by atoms with E-state index in [-0.39, 0.29) is 5.91 Å². The number of carbonyl (C=O) groups is 1. The predicted molar refractivity (Wildman–Crippen MR) is 91.3 cm³/mol. The first kappa shape index (κ1) is 15.2. The second-order valence-corrected chi connectivity index (χ2v) is 5.77. The first-order valence-corrected chi connectivity index (χ1v) is 8.09. The Labute approximate surface area is 138 Å². The highest BCUT2D eigenvalue weighted by molar-refractivity contribution is 7.13. The minimum Gasteiger partial charge on any atom is -0.357 e. The van der Waals surface area contributed by atoms with Crippen LogP contribution in [0.4, 0.5) is 5.13 Å². The molecule has 2 heterocycles. The van der Waals surface area contributed by atoms with Crippen LogP contribution in [-0.4, -0.2) is 15.9 Å². The van der Waals surface area contributed by atoms with Gasteiger partial charge in [-0.1, -0.05) is 30.3 Å². The number of rotatable bonds is 6. The highest BCUT2D eigenvalue weighted by Crippen LogP contribution is 2.16. The summed E-state index contributed by atoms with van der Waals surface area (Å²) in [4.78, 5) is 20.4. The van der Waals surface area contributed by atoms with Gasteiger partial charge >= 0.3 is 0 Å². The molecule has 0 saturated heterocycles. The maximum atomic E-state index is 12.1. The summed E-state index contributed by atoms with van der Waals surface area (Å²) in [6, 6.07) is 13.8. The molecule has 23 heavy (non-hydrogen) atoms. The Morgan fingerprint density at radius 1 is 1.00 bits per heavy atom. The Hall–Kier alpha value is -2.73. The van der Waals surface area contributed by atoms with Crippen molar-refractivity contribution in [2.75, 3.05) is 5.32 Å². The first-order chi connectivity index (χ1) is 11.3. The van der Waals surface area contributed by atoms with Gasteiger partial charge in [0.25, 0.3) is 5.91 Å². The van der Waals surface area contributed by atoms with E-state index in [4.69, 9.17) is 0 Å². The lowest BCUT2D eigenvalue weighted by Crippen LogP contribution is -2.23. The van der Waals surface area contributed by atoms with E-state index >= 15 is 0 Å². The molecule has 3 aromatic rings. The molecule has 0 aliphatic rings. The average molecular weight is 324 g/mol. The lowest BCUT2D eigenvalue weighted by molar-refractivity contribution is 0.0946. The van der Waals surface area contributed by atoms with Crippen molar-refractivity contribution >= 4 is 22.4 Å². The number of amides is 1. The number of nitrogens with zero attached hydrogens (tertiary/aromatic N) is 2. The van der Waals surface area contributed by atoms with Crippen LogP contribution in [0.15, 0.2) is 60.2 Å². The fourth-order valence-electron chi connectivity index (χ4n) is 2.01. The van der Waals surface area contributed by atoms with E-state index in [0.29, 0.717) is 18.8 Å². The molecule has 6 heteroatoms. The van der Waals surface area contributed by atoms with E-state index in [1.807, 2.05) is 42.5 Å². The number of hydrogen-bond acceptors (Lipinski definition) is 5. The average Bonchev–Trinajstić information content (AvgIpc) is 3.09. The smallest absolute Gasteiger partial charge is 0.271 e. The zero-order chi connectivity index (χ0) is 15.9. The van der Waals surface area contributed by atoms with Crippen LogP contribution in [0.3, 0.4) is 0 Å².